The molecular weight excluding hydrogens is 278 g/mol. The van der Waals surface area contributed by atoms with Crippen molar-refractivity contribution in [1.29, 1.82) is 0 Å². The van der Waals surface area contributed by atoms with Gasteiger partial charge in [0, 0.05) is 5.69 Å². The molecular formula is C18H19NO3. The third kappa shape index (κ3) is 4.45. The average Bonchev–Trinajstić information content (AvgIpc) is 2.48. The van der Waals surface area contributed by atoms with E-state index in [1.807, 2.05) is 31.2 Å². The number of amides is 1. The van der Waals surface area contributed by atoms with Crippen molar-refractivity contribution >= 4 is 17.6 Å². The highest BCUT2D eigenvalue weighted by Crippen LogP contribution is 2.12. The highest BCUT2D eigenvalue weighted by atomic mass is 16.5. The van der Waals surface area contributed by atoms with Crippen LogP contribution in [0.4, 0.5) is 5.69 Å². The standard InChI is InChI=1S/C18H19NO3/c1-3-22-18(21)15-7-9-16(10-8-15)19-17(20)12-14-6-4-5-13(2)11-14/h4-11H,3,12H2,1-2H3,(H,19,20). The summed E-state index contributed by atoms with van der Waals surface area (Å²) < 4.78 is 4.91. The normalized spacial score (nSPS) is 10.1. The molecule has 2 aromatic rings. The van der Waals surface area contributed by atoms with Crippen molar-refractivity contribution in [2.75, 3.05) is 11.9 Å². The van der Waals surface area contributed by atoms with E-state index in [1.165, 1.54) is 0 Å². The summed E-state index contributed by atoms with van der Waals surface area (Å²) in [5.41, 5.74) is 3.23. The number of benzene rings is 2. The molecule has 0 aliphatic carbocycles. The Morgan fingerprint density at radius 2 is 1.82 bits per heavy atom. The van der Waals surface area contributed by atoms with Crippen LogP contribution >= 0.6 is 0 Å². The largest absolute Gasteiger partial charge is 0.462 e. The van der Waals surface area contributed by atoms with Crippen molar-refractivity contribution in [2.24, 2.45) is 0 Å². The Hall–Kier alpha value is -2.62. The molecule has 0 fully saturated rings. The molecule has 22 heavy (non-hydrogen) atoms. The third-order valence-corrected chi connectivity index (χ3v) is 3.13. The molecule has 4 nitrogen and oxygen atoms in total. The van der Waals surface area contributed by atoms with Crippen molar-refractivity contribution in [3.8, 4) is 0 Å². The van der Waals surface area contributed by atoms with Gasteiger partial charge in [0.1, 0.15) is 0 Å². The number of rotatable bonds is 5. The Morgan fingerprint density at radius 1 is 1.09 bits per heavy atom. The first-order chi connectivity index (χ1) is 10.6. The number of hydrogen-bond donors (Lipinski definition) is 1. The summed E-state index contributed by atoms with van der Waals surface area (Å²) in [6.45, 7) is 4.10. The van der Waals surface area contributed by atoms with Crippen LogP contribution in [-0.2, 0) is 16.0 Å². The van der Waals surface area contributed by atoms with E-state index in [-0.39, 0.29) is 11.9 Å². The third-order valence-electron chi connectivity index (χ3n) is 3.13. The zero-order chi connectivity index (χ0) is 15.9. The van der Waals surface area contributed by atoms with E-state index in [1.54, 1.807) is 31.2 Å². The molecule has 2 aromatic carbocycles. The summed E-state index contributed by atoms with van der Waals surface area (Å²) in [6, 6.07) is 14.5. The smallest absolute Gasteiger partial charge is 0.338 e. The van der Waals surface area contributed by atoms with E-state index < -0.39 is 0 Å². The van der Waals surface area contributed by atoms with Crippen LogP contribution in [0, 0.1) is 6.92 Å². The van der Waals surface area contributed by atoms with E-state index in [0.717, 1.165) is 11.1 Å². The first kappa shape index (κ1) is 15.8. The number of esters is 1. The summed E-state index contributed by atoms with van der Waals surface area (Å²) in [6.07, 6.45) is 0.321. The van der Waals surface area contributed by atoms with Crippen LogP contribution < -0.4 is 5.32 Å². The molecule has 4 heteroatoms. The molecule has 0 aliphatic heterocycles. The second kappa shape index (κ2) is 7.41. The highest BCUT2D eigenvalue weighted by molar-refractivity contribution is 5.94. The predicted octanol–water partition coefficient (Wildman–Crippen LogP) is 3.35. The Morgan fingerprint density at radius 3 is 2.45 bits per heavy atom. The molecule has 0 saturated heterocycles. The van der Waals surface area contributed by atoms with Crippen LogP contribution in [0.1, 0.15) is 28.4 Å². The zero-order valence-electron chi connectivity index (χ0n) is 12.8. The number of ether oxygens (including phenoxy) is 1. The fourth-order valence-corrected chi connectivity index (χ4v) is 2.12. The minimum atomic E-state index is -0.361. The Labute approximate surface area is 130 Å². The summed E-state index contributed by atoms with van der Waals surface area (Å²) >= 11 is 0. The number of nitrogens with one attached hydrogen (secondary N) is 1. The number of carbonyl (C=O) groups is 2. The van der Waals surface area contributed by atoms with Crippen LogP contribution in [0.15, 0.2) is 48.5 Å². The molecule has 0 aromatic heterocycles. The molecule has 0 spiro atoms. The van der Waals surface area contributed by atoms with Crippen LogP contribution in [0.2, 0.25) is 0 Å². The fraction of sp³-hybridized carbons (Fsp3) is 0.222. The van der Waals surface area contributed by atoms with Gasteiger partial charge >= 0.3 is 5.97 Å². The molecule has 0 atom stereocenters. The van der Waals surface area contributed by atoms with Gasteiger partial charge in [-0.05, 0) is 43.7 Å². The molecule has 0 saturated carbocycles. The number of anilines is 1. The van der Waals surface area contributed by atoms with Gasteiger partial charge in [-0.3, -0.25) is 4.79 Å². The Kier molecular flexibility index (Phi) is 5.31. The molecule has 1 N–H and O–H groups in total. The molecule has 0 aliphatic rings. The highest BCUT2D eigenvalue weighted by Gasteiger charge is 2.07. The summed E-state index contributed by atoms with van der Waals surface area (Å²) in [5.74, 6) is -0.449. The van der Waals surface area contributed by atoms with E-state index in [2.05, 4.69) is 5.32 Å². The predicted molar refractivity (Wildman–Crippen MR) is 85.9 cm³/mol. The molecule has 0 unspecified atom stereocenters. The molecule has 0 heterocycles. The summed E-state index contributed by atoms with van der Waals surface area (Å²) in [4.78, 5) is 23.6. The summed E-state index contributed by atoms with van der Waals surface area (Å²) in [7, 11) is 0. The minimum absolute atomic E-state index is 0.0884. The first-order valence-electron chi connectivity index (χ1n) is 7.21. The van der Waals surface area contributed by atoms with Gasteiger partial charge in [-0.25, -0.2) is 4.79 Å². The van der Waals surface area contributed by atoms with Gasteiger partial charge in [0.05, 0.1) is 18.6 Å². The van der Waals surface area contributed by atoms with Crippen LogP contribution in [0.5, 0.6) is 0 Å². The lowest BCUT2D eigenvalue weighted by molar-refractivity contribution is -0.115. The van der Waals surface area contributed by atoms with Gasteiger partial charge in [0.2, 0.25) is 5.91 Å². The van der Waals surface area contributed by atoms with Gasteiger partial charge in [0.15, 0.2) is 0 Å². The van der Waals surface area contributed by atoms with Gasteiger partial charge in [0.25, 0.3) is 0 Å². The molecule has 2 rings (SSSR count). The summed E-state index contributed by atoms with van der Waals surface area (Å²) in [5, 5.41) is 2.82. The van der Waals surface area contributed by atoms with Crippen molar-refractivity contribution in [2.45, 2.75) is 20.3 Å². The number of carbonyl (C=O) groups excluding carboxylic acids is 2. The molecule has 0 bridgehead atoms. The quantitative estimate of drug-likeness (QED) is 0.861. The van der Waals surface area contributed by atoms with Crippen LogP contribution in [0.25, 0.3) is 0 Å². The van der Waals surface area contributed by atoms with Crippen molar-refractivity contribution < 1.29 is 14.3 Å². The van der Waals surface area contributed by atoms with Crippen LogP contribution in [0.3, 0.4) is 0 Å². The van der Waals surface area contributed by atoms with Crippen molar-refractivity contribution in [1.82, 2.24) is 0 Å². The Bertz CT molecular complexity index is 662. The van der Waals surface area contributed by atoms with Gasteiger partial charge in [-0.1, -0.05) is 29.8 Å². The fourth-order valence-electron chi connectivity index (χ4n) is 2.12. The van der Waals surface area contributed by atoms with Crippen LogP contribution in [-0.4, -0.2) is 18.5 Å². The zero-order valence-corrected chi connectivity index (χ0v) is 12.8. The van der Waals surface area contributed by atoms with Gasteiger partial charge < -0.3 is 10.1 Å². The Balaban J connectivity index is 1.95. The maximum atomic E-state index is 12.0. The van der Waals surface area contributed by atoms with Crippen molar-refractivity contribution in [3.05, 3.63) is 65.2 Å². The van der Waals surface area contributed by atoms with E-state index in [9.17, 15) is 9.59 Å². The second-order valence-corrected chi connectivity index (χ2v) is 5.01. The van der Waals surface area contributed by atoms with E-state index >= 15 is 0 Å². The molecule has 1 amide bonds. The van der Waals surface area contributed by atoms with Crippen molar-refractivity contribution in [3.63, 3.8) is 0 Å². The van der Waals surface area contributed by atoms with E-state index in [0.29, 0.717) is 24.3 Å². The lowest BCUT2D eigenvalue weighted by Gasteiger charge is -2.07. The lowest BCUT2D eigenvalue weighted by Crippen LogP contribution is -2.14. The molecule has 0 radical (unpaired) electrons. The first-order valence-corrected chi connectivity index (χ1v) is 7.21. The second-order valence-electron chi connectivity index (χ2n) is 5.01. The van der Waals surface area contributed by atoms with Gasteiger partial charge in [-0.2, -0.15) is 0 Å². The maximum Gasteiger partial charge on any atom is 0.338 e. The molecule has 114 valence electrons. The van der Waals surface area contributed by atoms with Gasteiger partial charge in [-0.15, -0.1) is 0 Å². The maximum absolute atomic E-state index is 12.0. The number of aryl methyl sites for hydroxylation is 1. The SMILES string of the molecule is CCOC(=O)c1ccc(NC(=O)Cc2cccc(C)c2)cc1. The van der Waals surface area contributed by atoms with E-state index in [4.69, 9.17) is 4.74 Å². The average molecular weight is 297 g/mol. The number of hydrogen-bond acceptors (Lipinski definition) is 3. The lowest BCUT2D eigenvalue weighted by atomic mass is 10.1. The minimum Gasteiger partial charge on any atom is -0.462 e. The topological polar surface area (TPSA) is 55.4 Å². The monoisotopic (exact) mass is 297 g/mol.